The summed E-state index contributed by atoms with van der Waals surface area (Å²) in [5.41, 5.74) is 2.39. The average Bonchev–Trinajstić information content (AvgIpc) is 3.19. The SMILES string of the molecule is CCCCCCC(C)(C)C[Si](CC[Si](CC)(CC)CC)(Oc1cccc2c1C(F)[C]=C2)C(C)C. The maximum Gasteiger partial charge on any atom is 0.254 e. The van der Waals surface area contributed by atoms with E-state index in [1.165, 1.54) is 62.3 Å². The Bertz CT molecular complexity index is 776. The van der Waals surface area contributed by atoms with Crippen molar-refractivity contribution in [2.45, 2.75) is 135 Å². The first kappa shape index (κ1) is 29.4. The highest BCUT2D eigenvalue weighted by Crippen LogP contribution is 2.47. The molecule has 0 aromatic heterocycles. The van der Waals surface area contributed by atoms with Crippen LogP contribution in [0.25, 0.3) is 6.08 Å². The molecule has 0 spiro atoms. The standard InChI is InChI=1S/C30H52FOSi2/c1-9-13-14-15-21-30(7,8)24-34(25(5)6,23-22-33(10-2,11-3)12-4)32-28-18-16-17-26-19-20-27(31)29(26)28/h16-19,25,27H,9-15,21-24H2,1-8H3. The van der Waals surface area contributed by atoms with E-state index in [4.69, 9.17) is 4.43 Å². The van der Waals surface area contributed by atoms with Gasteiger partial charge in [0.05, 0.1) is 8.07 Å². The summed E-state index contributed by atoms with van der Waals surface area (Å²) in [5.74, 6) is 0.796. The summed E-state index contributed by atoms with van der Waals surface area (Å²) in [6, 6.07) is 13.8. The summed E-state index contributed by atoms with van der Waals surface area (Å²) in [5, 5.41) is 0. The number of rotatable bonds is 16. The van der Waals surface area contributed by atoms with Crippen LogP contribution in [0.15, 0.2) is 18.2 Å². The van der Waals surface area contributed by atoms with Gasteiger partial charge in [-0.15, -0.1) is 0 Å². The monoisotopic (exact) mass is 503 g/mol. The molecule has 34 heavy (non-hydrogen) atoms. The second-order valence-electron chi connectivity index (χ2n) is 12.0. The van der Waals surface area contributed by atoms with Gasteiger partial charge in [0, 0.05) is 5.56 Å². The fraction of sp³-hybridized carbons (Fsp3) is 0.733. The fourth-order valence-electron chi connectivity index (χ4n) is 5.98. The zero-order chi connectivity index (χ0) is 25.4. The molecule has 0 aliphatic heterocycles. The third-order valence-corrected chi connectivity index (χ3v) is 20.6. The number of hydrogen-bond acceptors (Lipinski definition) is 1. The maximum absolute atomic E-state index is 14.9. The summed E-state index contributed by atoms with van der Waals surface area (Å²) in [4.78, 5) is 0. The minimum atomic E-state index is -2.22. The van der Waals surface area contributed by atoms with Crippen LogP contribution in [-0.2, 0) is 0 Å². The fourth-order valence-corrected chi connectivity index (χ4v) is 16.3. The molecule has 0 amide bonds. The van der Waals surface area contributed by atoms with Gasteiger partial charge in [0.15, 0.2) is 6.17 Å². The van der Waals surface area contributed by atoms with Crippen LogP contribution < -0.4 is 4.43 Å². The molecule has 1 aliphatic carbocycles. The Morgan fingerprint density at radius 2 is 1.68 bits per heavy atom. The van der Waals surface area contributed by atoms with Gasteiger partial charge in [0.2, 0.25) is 0 Å². The molecule has 1 aromatic rings. The predicted octanol–water partition coefficient (Wildman–Crippen LogP) is 10.8. The number of benzene rings is 1. The number of fused-ring (bicyclic) bond motifs is 1. The van der Waals surface area contributed by atoms with Crippen LogP contribution in [0.1, 0.15) is 105 Å². The molecule has 0 heterocycles. The smallest absolute Gasteiger partial charge is 0.254 e. The van der Waals surface area contributed by atoms with Crippen molar-refractivity contribution in [1.82, 2.24) is 0 Å². The Balaban J connectivity index is 2.41. The maximum atomic E-state index is 14.9. The van der Waals surface area contributed by atoms with Crippen LogP contribution >= 0.6 is 0 Å². The van der Waals surface area contributed by atoms with Crippen LogP contribution in [0.3, 0.4) is 0 Å². The van der Waals surface area contributed by atoms with Gasteiger partial charge in [-0.05, 0) is 53.2 Å². The van der Waals surface area contributed by atoms with E-state index in [-0.39, 0.29) is 5.41 Å². The molecule has 2 atom stereocenters. The third kappa shape index (κ3) is 7.32. The van der Waals surface area contributed by atoms with E-state index >= 15 is 0 Å². The minimum absolute atomic E-state index is 0.247. The van der Waals surface area contributed by atoms with E-state index in [9.17, 15) is 4.39 Å². The highest BCUT2D eigenvalue weighted by atomic mass is 28.4. The summed E-state index contributed by atoms with van der Waals surface area (Å²) in [6.45, 7) is 19.2. The third-order valence-electron chi connectivity index (χ3n) is 8.92. The Hall–Kier alpha value is -0.876. The van der Waals surface area contributed by atoms with Gasteiger partial charge < -0.3 is 4.43 Å². The summed E-state index contributed by atoms with van der Waals surface area (Å²) >= 11 is 0. The van der Waals surface area contributed by atoms with Crippen LogP contribution in [0.4, 0.5) is 4.39 Å². The molecule has 0 saturated carbocycles. The Morgan fingerprint density at radius 3 is 2.26 bits per heavy atom. The van der Waals surface area contributed by atoms with Gasteiger partial charge in [-0.2, -0.15) is 0 Å². The molecule has 1 aliphatic rings. The second-order valence-corrected chi connectivity index (χ2v) is 21.9. The van der Waals surface area contributed by atoms with Crippen LogP contribution in [0, 0.1) is 11.5 Å². The van der Waals surface area contributed by atoms with Gasteiger partial charge >= 0.3 is 0 Å². The highest BCUT2D eigenvalue weighted by Gasteiger charge is 2.47. The van der Waals surface area contributed by atoms with E-state index in [2.05, 4.69) is 61.5 Å². The lowest BCUT2D eigenvalue weighted by Crippen LogP contribution is -2.50. The number of alkyl halides is 1. The molecule has 4 heteroatoms. The molecule has 0 bridgehead atoms. The molecule has 0 fully saturated rings. The van der Waals surface area contributed by atoms with Crippen molar-refractivity contribution >= 4 is 22.5 Å². The molecule has 0 saturated heterocycles. The van der Waals surface area contributed by atoms with Crippen molar-refractivity contribution in [3.8, 4) is 5.75 Å². The zero-order valence-electron chi connectivity index (χ0n) is 23.5. The molecule has 1 nitrogen and oxygen atoms in total. The topological polar surface area (TPSA) is 9.23 Å². The van der Waals surface area contributed by atoms with Crippen molar-refractivity contribution in [1.29, 1.82) is 0 Å². The largest absolute Gasteiger partial charge is 0.543 e. The first-order chi connectivity index (χ1) is 16.1. The quantitative estimate of drug-likeness (QED) is 0.161. The lowest BCUT2D eigenvalue weighted by Gasteiger charge is -2.43. The number of halogens is 1. The second kappa shape index (κ2) is 12.9. The number of unbranched alkanes of at least 4 members (excludes halogenated alkanes) is 3. The van der Waals surface area contributed by atoms with E-state index in [0.717, 1.165) is 17.4 Å². The van der Waals surface area contributed by atoms with Crippen molar-refractivity contribution in [3.05, 3.63) is 35.4 Å². The molecule has 2 rings (SSSR count). The van der Waals surface area contributed by atoms with Crippen molar-refractivity contribution in [2.24, 2.45) is 5.41 Å². The molecular weight excluding hydrogens is 451 g/mol. The summed E-state index contributed by atoms with van der Waals surface area (Å²) in [6.07, 6.45) is 9.98. The Labute approximate surface area is 213 Å². The van der Waals surface area contributed by atoms with Gasteiger partial charge in [-0.25, -0.2) is 4.39 Å². The van der Waals surface area contributed by atoms with Crippen LogP contribution in [0.2, 0.25) is 41.8 Å². The average molecular weight is 504 g/mol. The number of allylic oxidation sites excluding steroid dienone is 1. The van der Waals surface area contributed by atoms with Gasteiger partial charge in [-0.1, -0.05) is 117 Å². The normalized spacial score (nSPS) is 17.8. The highest BCUT2D eigenvalue weighted by molar-refractivity contribution is 6.83. The summed E-state index contributed by atoms with van der Waals surface area (Å²) < 4.78 is 22.1. The van der Waals surface area contributed by atoms with E-state index in [0.29, 0.717) is 11.1 Å². The number of hydrogen-bond donors (Lipinski definition) is 0. The first-order valence-electron chi connectivity index (χ1n) is 14.1. The van der Waals surface area contributed by atoms with E-state index in [1.807, 2.05) is 18.2 Å². The molecule has 2 unspecified atom stereocenters. The first-order valence-corrected chi connectivity index (χ1v) is 19.4. The predicted molar refractivity (Wildman–Crippen MR) is 154 cm³/mol. The van der Waals surface area contributed by atoms with Crippen LogP contribution in [-0.4, -0.2) is 16.4 Å². The van der Waals surface area contributed by atoms with Crippen molar-refractivity contribution in [3.63, 3.8) is 0 Å². The van der Waals surface area contributed by atoms with Crippen LogP contribution in [0.5, 0.6) is 5.75 Å². The lowest BCUT2D eigenvalue weighted by atomic mass is 9.89. The van der Waals surface area contributed by atoms with Gasteiger partial charge in [0.25, 0.3) is 8.32 Å². The molecule has 1 radical (unpaired) electrons. The molecule has 1 aromatic carbocycles. The van der Waals surface area contributed by atoms with Gasteiger partial charge in [0.1, 0.15) is 5.75 Å². The Morgan fingerprint density at radius 1 is 1.00 bits per heavy atom. The van der Waals surface area contributed by atoms with Crippen molar-refractivity contribution < 1.29 is 8.82 Å². The van der Waals surface area contributed by atoms with Gasteiger partial charge in [-0.3, -0.25) is 0 Å². The lowest BCUT2D eigenvalue weighted by molar-refractivity contribution is 0.331. The van der Waals surface area contributed by atoms with Crippen molar-refractivity contribution in [2.75, 3.05) is 0 Å². The Kier molecular flexibility index (Phi) is 11.1. The van der Waals surface area contributed by atoms with E-state index in [1.54, 1.807) is 6.08 Å². The van der Waals surface area contributed by atoms with E-state index < -0.39 is 22.6 Å². The summed E-state index contributed by atoms with van der Waals surface area (Å²) in [7, 11) is -3.50. The minimum Gasteiger partial charge on any atom is -0.543 e. The molecule has 0 N–H and O–H groups in total. The molecular formula is C30H52FOSi2. The molecule has 193 valence electrons. The zero-order valence-corrected chi connectivity index (χ0v) is 25.5.